The van der Waals surface area contributed by atoms with Crippen LogP contribution in [0.1, 0.15) is 10.4 Å². The molecule has 0 fully saturated rings. The molecule has 0 aliphatic carbocycles. The van der Waals surface area contributed by atoms with Crippen LogP contribution in [-0.4, -0.2) is 26.4 Å². The van der Waals surface area contributed by atoms with Crippen LogP contribution in [0.4, 0.5) is 0 Å². The fourth-order valence-corrected chi connectivity index (χ4v) is 0.728. The van der Waals surface area contributed by atoms with Crippen LogP contribution in [0.15, 0.2) is 12.1 Å². The van der Waals surface area contributed by atoms with Gasteiger partial charge in [-0.2, -0.15) is 0 Å². The Labute approximate surface area is 87.5 Å². The minimum Gasteiger partial charge on any atom is -0.504 e. The van der Waals surface area contributed by atoms with Gasteiger partial charge in [-0.3, -0.25) is 0 Å². The van der Waals surface area contributed by atoms with E-state index < -0.39 is 23.2 Å². The van der Waals surface area contributed by atoms with Crippen molar-refractivity contribution in [2.45, 2.75) is 0 Å². The van der Waals surface area contributed by atoms with Gasteiger partial charge in [0.1, 0.15) is 0 Å². The minimum absolute atomic E-state index is 0. The van der Waals surface area contributed by atoms with E-state index in [1.807, 2.05) is 0 Å². The third-order valence-electron chi connectivity index (χ3n) is 1.32. The summed E-state index contributed by atoms with van der Waals surface area (Å²) in [6.45, 7) is 0. The molecule has 0 atom stereocenters. The van der Waals surface area contributed by atoms with Gasteiger partial charge in [-0.05, 0) is 12.1 Å². The van der Waals surface area contributed by atoms with Gasteiger partial charge in [0.05, 0.1) is 5.56 Å². The SMILES string of the molecule is O=C(O)c1cc(O)c(O)c(O)c1.[W]. The monoisotopic (exact) mass is 354 g/mol. The van der Waals surface area contributed by atoms with E-state index in [9.17, 15) is 4.79 Å². The Hall–Kier alpha value is -1.22. The first kappa shape index (κ1) is 11.8. The van der Waals surface area contributed by atoms with Gasteiger partial charge in [0, 0.05) is 21.1 Å². The fraction of sp³-hybridized carbons (Fsp3) is 0. The summed E-state index contributed by atoms with van der Waals surface area (Å²) in [7, 11) is 0. The molecule has 13 heavy (non-hydrogen) atoms. The second-order valence-electron chi connectivity index (χ2n) is 2.17. The molecule has 5 nitrogen and oxygen atoms in total. The van der Waals surface area contributed by atoms with Crippen LogP contribution < -0.4 is 0 Å². The number of hydrogen-bond donors (Lipinski definition) is 4. The van der Waals surface area contributed by atoms with Gasteiger partial charge in [-0.15, -0.1) is 0 Å². The summed E-state index contributed by atoms with van der Waals surface area (Å²) < 4.78 is 0. The Bertz CT molecular complexity index is 313. The van der Waals surface area contributed by atoms with Gasteiger partial charge in [-0.1, -0.05) is 0 Å². The number of carbonyl (C=O) groups is 1. The van der Waals surface area contributed by atoms with E-state index in [4.69, 9.17) is 20.4 Å². The minimum atomic E-state index is -1.29. The Morgan fingerprint density at radius 3 is 1.77 bits per heavy atom. The maximum atomic E-state index is 10.3. The summed E-state index contributed by atoms with van der Waals surface area (Å²) in [6.07, 6.45) is 0. The number of aromatic hydroxyl groups is 3. The zero-order chi connectivity index (χ0) is 9.30. The molecule has 0 heterocycles. The predicted octanol–water partition coefficient (Wildman–Crippen LogP) is 0.499. The van der Waals surface area contributed by atoms with Crippen LogP contribution in [-0.2, 0) is 21.1 Å². The number of carboxylic acids is 1. The van der Waals surface area contributed by atoms with Gasteiger partial charge in [-0.25, -0.2) is 4.79 Å². The molecule has 0 saturated heterocycles. The number of carboxylic acid groups (broad SMARTS) is 1. The molecule has 4 N–H and O–H groups in total. The third kappa shape index (κ3) is 2.36. The van der Waals surface area contributed by atoms with Crippen molar-refractivity contribution in [3.05, 3.63) is 17.7 Å². The molecular weight excluding hydrogens is 348 g/mol. The predicted molar refractivity (Wildman–Crippen MR) is 38.4 cm³/mol. The molecule has 0 bridgehead atoms. The zero-order valence-corrected chi connectivity index (χ0v) is 9.19. The van der Waals surface area contributed by atoms with Crippen LogP contribution in [0.2, 0.25) is 0 Å². The van der Waals surface area contributed by atoms with E-state index in [0.717, 1.165) is 12.1 Å². The molecule has 1 aromatic carbocycles. The van der Waals surface area contributed by atoms with Crippen molar-refractivity contribution in [2.75, 3.05) is 0 Å². The molecule has 0 unspecified atom stereocenters. The van der Waals surface area contributed by atoms with Crippen molar-refractivity contribution in [2.24, 2.45) is 0 Å². The van der Waals surface area contributed by atoms with Gasteiger partial charge in [0.15, 0.2) is 17.2 Å². The van der Waals surface area contributed by atoms with Crippen molar-refractivity contribution in [3.8, 4) is 17.2 Å². The van der Waals surface area contributed by atoms with Crippen LogP contribution >= 0.6 is 0 Å². The average Bonchev–Trinajstić information content (AvgIpc) is 1.99. The Morgan fingerprint density at radius 2 is 1.46 bits per heavy atom. The van der Waals surface area contributed by atoms with E-state index in [1.54, 1.807) is 0 Å². The summed E-state index contributed by atoms with van der Waals surface area (Å²) in [5.41, 5.74) is -0.289. The molecule has 0 radical (unpaired) electrons. The molecule has 1 aromatic rings. The Morgan fingerprint density at radius 1 is 1.08 bits per heavy atom. The Kier molecular flexibility index (Phi) is 3.75. The molecule has 6 heteroatoms. The van der Waals surface area contributed by atoms with E-state index >= 15 is 0 Å². The normalized spacial score (nSPS) is 8.92. The van der Waals surface area contributed by atoms with Gasteiger partial charge in [0.25, 0.3) is 0 Å². The summed E-state index contributed by atoms with van der Waals surface area (Å²) in [6, 6.07) is 1.69. The largest absolute Gasteiger partial charge is 0.504 e. The van der Waals surface area contributed by atoms with Crippen molar-refractivity contribution in [1.29, 1.82) is 0 Å². The molecule has 1 rings (SSSR count). The first-order valence-electron chi connectivity index (χ1n) is 3.00. The van der Waals surface area contributed by atoms with E-state index in [1.165, 1.54) is 0 Å². The summed E-state index contributed by atoms with van der Waals surface area (Å²) in [5, 5.41) is 35.0. The zero-order valence-electron chi connectivity index (χ0n) is 6.26. The summed E-state index contributed by atoms with van der Waals surface area (Å²) >= 11 is 0. The average molecular weight is 354 g/mol. The first-order chi connectivity index (χ1) is 5.52. The van der Waals surface area contributed by atoms with Crippen molar-refractivity contribution >= 4 is 5.97 Å². The smallest absolute Gasteiger partial charge is 0.335 e. The number of phenols is 3. The number of phenolic OH excluding ortho intramolecular Hbond substituents is 3. The second-order valence-corrected chi connectivity index (χ2v) is 2.17. The topological polar surface area (TPSA) is 98.0 Å². The quantitative estimate of drug-likeness (QED) is 0.551. The number of benzene rings is 1. The second kappa shape index (κ2) is 4.14. The Balaban J connectivity index is 0.00000144. The number of hydrogen-bond acceptors (Lipinski definition) is 4. The van der Waals surface area contributed by atoms with Crippen molar-refractivity contribution < 1.29 is 46.3 Å². The summed E-state index contributed by atoms with van der Waals surface area (Å²) in [4.78, 5) is 10.3. The third-order valence-corrected chi connectivity index (χ3v) is 1.32. The van der Waals surface area contributed by atoms with Gasteiger partial charge in [0.2, 0.25) is 0 Å². The first-order valence-corrected chi connectivity index (χ1v) is 3.00. The van der Waals surface area contributed by atoms with Crippen molar-refractivity contribution in [3.63, 3.8) is 0 Å². The standard InChI is InChI=1S/C7H6O5.W/c8-4-1-3(7(11)12)2-5(9)6(4)10;/h1-2,8-10H,(H,11,12);. The maximum absolute atomic E-state index is 10.3. The number of aromatic carboxylic acids is 1. The molecule has 0 spiro atoms. The molecule has 70 valence electrons. The molecule has 0 saturated carbocycles. The van der Waals surface area contributed by atoms with E-state index in [2.05, 4.69) is 0 Å². The maximum Gasteiger partial charge on any atom is 0.335 e. The van der Waals surface area contributed by atoms with Gasteiger partial charge < -0.3 is 20.4 Å². The summed E-state index contributed by atoms with van der Waals surface area (Å²) in [5.74, 6) is -3.33. The van der Waals surface area contributed by atoms with Crippen LogP contribution in [0, 0.1) is 0 Å². The van der Waals surface area contributed by atoms with Crippen molar-refractivity contribution in [1.82, 2.24) is 0 Å². The van der Waals surface area contributed by atoms with Crippen LogP contribution in [0.25, 0.3) is 0 Å². The van der Waals surface area contributed by atoms with E-state index in [0.29, 0.717) is 0 Å². The van der Waals surface area contributed by atoms with E-state index in [-0.39, 0.29) is 26.6 Å². The van der Waals surface area contributed by atoms with Gasteiger partial charge >= 0.3 is 5.97 Å². The molecule has 0 aromatic heterocycles. The molecular formula is C7H6O5W. The fourth-order valence-electron chi connectivity index (χ4n) is 0.728. The molecule has 0 aliphatic heterocycles. The molecule has 0 aliphatic rings. The van der Waals surface area contributed by atoms with Crippen LogP contribution in [0.5, 0.6) is 17.2 Å². The molecule has 0 amide bonds. The van der Waals surface area contributed by atoms with Crippen LogP contribution in [0.3, 0.4) is 0 Å². The number of rotatable bonds is 1.